The van der Waals surface area contributed by atoms with Crippen LogP contribution in [0.25, 0.3) is 34.1 Å². The summed E-state index contributed by atoms with van der Waals surface area (Å²) in [6.45, 7) is 2.91. The van der Waals surface area contributed by atoms with Crippen LogP contribution in [0.1, 0.15) is 6.92 Å². The molecule has 0 N–H and O–H groups in total. The van der Waals surface area contributed by atoms with Crippen LogP contribution in [0.15, 0.2) is 57.9 Å². The summed E-state index contributed by atoms with van der Waals surface area (Å²) in [5.74, 6) is 1.14. The predicted molar refractivity (Wildman–Crippen MR) is 89.9 cm³/mol. The zero-order chi connectivity index (χ0) is 15.6. The van der Waals surface area contributed by atoms with E-state index in [1.165, 1.54) is 0 Å². The van der Waals surface area contributed by atoms with Gasteiger partial charge in [0.15, 0.2) is 0 Å². The smallest absolute Gasteiger partial charge is 0.259 e. The van der Waals surface area contributed by atoms with Crippen molar-refractivity contribution in [1.82, 2.24) is 19.9 Å². The Kier molecular flexibility index (Phi) is 3.51. The number of benzene rings is 1. The minimum absolute atomic E-state index is 0.547. The lowest BCUT2D eigenvalue weighted by atomic mass is 10.1. The Morgan fingerprint density at radius 2 is 2.04 bits per heavy atom. The summed E-state index contributed by atoms with van der Waals surface area (Å²) in [5, 5.41) is 12.4. The van der Waals surface area contributed by atoms with Crippen LogP contribution in [0.4, 0.5) is 0 Å². The normalized spacial score (nSPS) is 11.0. The van der Waals surface area contributed by atoms with Crippen molar-refractivity contribution in [2.24, 2.45) is 0 Å². The van der Waals surface area contributed by atoms with Gasteiger partial charge in [0, 0.05) is 29.2 Å². The highest BCUT2D eigenvalue weighted by molar-refractivity contribution is 7.08. The van der Waals surface area contributed by atoms with Crippen LogP contribution >= 0.6 is 11.3 Å². The van der Waals surface area contributed by atoms with Crippen LogP contribution in [0.3, 0.4) is 0 Å². The van der Waals surface area contributed by atoms with E-state index in [1.807, 2.05) is 45.9 Å². The first-order valence-corrected chi connectivity index (χ1v) is 8.28. The summed E-state index contributed by atoms with van der Waals surface area (Å²) >= 11 is 1.61. The molecule has 0 atom stereocenters. The second-order valence-corrected chi connectivity index (χ2v) is 5.83. The quantitative estimate of drug-likeness (QED) is 0.560. The average molecular weight is 322 g/mol. The minimum Gasteiger partial charge on any atom is -0.334 e. The third kappa shape index (κ3) is 2.57. The van der Waals surface area contributed by atoms with Gasteiger partial charge in [-0.2, -0.15) is 21.4 Å². The fraction of sp³-hybridized carbons (Fsp3) is 0.118. The molecule has 1 aromatic carbocycles. The molecule has 4 aromatic rings. The van der Waals surface area contributed by atoms with E-state index < -0.39 is 0 Å². The maximum absolute atomic E-state index is 5.37. The summed E-state index contributed by atoms with van der Waals surface area (Å²) in [5.41, 5.74) is 4.05. The van der Waals surface area contributed by atoms with Gasteiger partial charge in [0.1, 0.15) is 0 Å². The van der Waals surface area contributed by atoms with Gasteiger partial charge in [0.25, 0.3) is 5.89 Å². The number of thiophene rings is 1. The standard InChI is InChI=1S/C17H14N4OS/c1-2-21-15(6-8-18-21)12-4-3-5-13(10-12)16-19-17(22-20-16)14-7-9-23-11-14/h3-11H,2H2,1H3. The van der Waals surface area contributed by atoms with Gasteiger partial charge < -0.3 is 4.52 Å². The van der Waals surface area contributed by atoms with Gasteiger partial charge in [0.05, 0.1) is 11.3 Å². The van der Waals surface area contributed by atoms with Gasteiger partial charge in [-0.05, 0) is 30.5 Å². The van der Waals surface area contributed by atoms with Crippen LogP contribution in [-0.2, 0) is 6.54 Å². The van der Waals surface area contributed by atoms with Crippen molar-refractivity contribution in [2.75, 3.05) is 0 Å². The maximum Gasteiger partial charge on any atom is 0.259 e. The lowest BCUT2D eigenvalue weighted by molar-refractivity contribution is 0.432. The van der Waals surface area contributed by atoms with Crippen LogP contribution in [-0.4, -0.2) is 19.9 Å². The molecule has 0 radical (unpaired) electrons. The Hall–Kier alpha value is -2.73. The van der Waals surface area contributed by atoms with E-state index in [2.05, 4.69) is 34.3 Å². The van der Waals surface area contributed by atoms with Crippen LogP contribution in [0.2, 0.25) is 0 Å². The van der Waals surface area contributed by atoms with Gasteiger partial charge in [-0.3, -0.25) is 4.68 Å². The molecule has 0 unspecified atom stereocenters. The number of rotatable bonds is 4. The third-order valence-corrected chi connectivity index (χ3v) is 4.31. The average Bonchev–Trinajstić information content (AvgIpc) is 3.34. The first-order valence-electron chi connectivity index (χ1n) is 7.34. The predicted octanol–water partition coefficient (Wildman–Crippen LogP) is 4.35. The Labute approximate surface area is 137 Å². The highest BCUT2D eigenvalue weighted by Crippen LogP contribution is 2.27. The first-order chi connectivity index (χ1) is 11.3. The van der Waals surface area contributed by atoms with Gasteiger partial charge in [-0.15, -0.1) is 0 Å². The summed E-state index contributed by atoms with van der Waals surface area (Å²) in [6.07, 6.45) is 1.81. The largest absolute Gasteiger partial charge is 0.334 e. The maximum atomic E-state index is 5.37. The topological polar surface area (TPSA) is 56.7 Å². The molecule has 0 saturated carbocycles. The molecule has 0 aliphatic heterocycles. The van der Waals surface area contributed by atoms with Gasteiger partial charge in [-0.1, -0.05) is 23.4 Å². The molecule has 5 nitrogen and oxygen atoms in total. The molecular formula is C17H14N4OS. The fourth-order valence-electron chi connectivity index (χ4n) is 2.49. The van der Waals surface area contributed by atoms with Gasteiger partial charge in [-0.25, -0.2) is 0 Å². The number of aryl methyl sites for hydroxylation is 1. The van der Waals surface area contributed by atoms with E-state index in [0.717, 1.165) is 28.9 Å². The molecular weight excluding hydrogens is 308 g/mol. The van der Waals surface area contributed by atoms with E-state index in [0.29, 0.717) is 11.7 Å². The monoisotopic (exact) mass is 322 g/mol. The molecule has 4 rings (SSSR count). The number of hydrogen-bond acceptors (Lipinski definition) is 5. The van der Waals surface area contributed by atoms with Crippen LogP contribution in [0.5, 0.6) is 0 Å². The van der Waals surface area contributed by atoms with Crippen molar-refractivity contribution in [3.05, 3.63) is 53.4 Å². The molecule has 114 valence electrons. The Morgan fingerprint density at radius 1 is 1.13 bits per heavy atom. The van der Waals surface area contributed by atoms with Gasteiger partial charge >= 0.3 is 0 Å². The number of aromatic nitrogens is 4. The second kappa shape index (κ2) is 5.81. The molecule has 0 saturated heterocycles. The number of hydrogen-bond donors (Lipinski definition) is 0. The van der Waals surface area contributed by atoms with E-state index in [9.17, 15) is 0 Å². The van der Waals surface area contributed by atoms with Crippen molar-refractivity contribution in [3.63, 3.8) is 0 Å². The summed E-state index contributed by atoms with van der Waals surface area (Å²) in [6, 6.07) is 12.1. The summed E-state index contributed by atoms with van der Waals surface area (Å²) in [7, 11) is 0. The number of nitrogens with zero attached hydrogens (tertiary/aromatic N) is 4. The van der Waals surface area contributed by atoms with E-state index >= 15 is 0 Å². The molecule has 6 heteroatoms. The van der Waals surface area contributed by atoms with Crippen molar-refractivity contribution in [1.29, 1.82) is 0 Å². The first kappa shape index (κ1) is 13.9. The minimum atomic E-state index is 0.547. The molecule has 23 heavy (non-hydrogen) atoms. The Bertz CT molecular complexity index is 924. The van der Waals surface area contributed by atoms with Crippen LogP contribution < -0.4 is 0 Å². The molecule has 3 aromatic heterocycles. The molecule has 0 fully saturated rings. The summed E-state index contributed by atoms with van der Waals surface area (Å²) < 4.78 is 7.33. The second-order valence-electron chi connectivity index (χ2n) is 5.05. The molecule has 0 aliphatic rings. The van der Waals surface area contributed by atoms with Crippen molar-refractivity contribution < 1.29 is 4.52 Å². The van der Waals surface area contributed by atoms with Crippen molar-refractivity contribution >= 4 is 11.3 Å². The van der Waals surface area contributed by atoms with Crippen molar-refractivity contribution in [3.8, 4) is 34.1 Å². The lowest BCUT2D eigenvalue weighted by Gasteiger charge is -2.05. The molecule has 0 amide bonds. The molecule has 0 bridgehead atoms. The zero-order valence-corrected chi connectivity index (χ0v) is 13.3. The van der Waals surface area contributed by atoms with E-state index in [1.54, 1.807) is 11.3 Å². The highest BCUT2D eigenvalue weighted by atomic mass is 32.1. The fourth-order valence-corrected chi connectivity index (χ4v) is 3.12. The third-order valence-electron chi connectivity index (χ3n) is 3.63. The molecule has 0 spiro atoms. The molecule has 3 heterocycles. The van der Waals surface area contributed by atoms with Crippen molar-refractivity contribution in [2.45, 2.75) is 13.5 Å². The lowest BCUT2D eigenvalue weighted by Crippen LogP contribution is -1.98. The van der Waals surface area contributed by atoms with Gasteiger partial charge in [0.2, 0.25) is 5.82 Å². The summed E-state index contributed by atoms with van der Waals surface area (Å²) in [4.78, 5) is 4.49. The van der Waals surface area contributed by atoms with Crippen LogP contribution in [0, 0.1) is 0 Å². The zero-order valence-electron chi connectivity index (χ0n) is 12.5. The Balaban J connectivity index is 1.72. The molecule has 0 aliphatic carbocycles. The Morgan fingerprint density at radius 3 is 2.87 bits per heavy atom. The van der Waals surface area contributed by atoms with E-state index in [-0.39, 0.29) is 0 Å². The highest BCUT2D eigenvalue weighted by Gasteiger charge is 2.12. The van der Waals surface area contributed by atoms with E-state index in [4.69, 9.17) is 4.52 Å². The SMILES string of the molecule is CCn1nccc1-c1cccc(-c2noc(-c3ccsc3)n2)c1.